The van der Waals surface area contributed by atoms with E-state index in [4.69, 9.17) is 5.11 Å². The summed E-state index contributed by atoms with van der Waals surface area (Å²) in [4.78, 5) is 25.8. The van der Waals surface area contributed by atoms with Crippen LogP contribution in [-0.2, 0) is 11.5 Å². The predicted octanol–water partition coefficient (Wildman–Crippen LogP) is 2.81. The van der Waals surface area contributed by atoms with Crippen molar-refractivity contribution in [3.05, 3.63) is 63.7 Å². The largest absolute Gasteiger partial charge is 0.390 e. The Morgan fingerprint density at radius 3 is 2.83 bits per heavy atom. The highest BCUT2D eigenvalue weighted by Crippen LogP contribution is 2.42. The zero-order valence-electron chi connectivity index (χ0n) is 16.6. The lowest BCUT2D eigenvalue weighted by atomic mass is 10.0. The van der Waals surface area contributed by atoms with Gasteiger partial charge in [0, 0.05) is 17.3 Å². The molecule has 3 N–H and O–H groups in total. The van der Waals surface area contributed by atoms with E-state index in [1.807, 2.05) is 6.92 Å². The van der Waals surface area contributed by atoms with Crippen molar-refractivity contribution in [2.75, 3.05) is 6.61 Å². The number of benzene rings is 1. The van der Waals surface area contributed by atoms with Crippen LogP contribution >= 0.6 is 0 Å². The van der Waals surface area contributed by atoms with Crippen molar-refractivity contribution < 1.29 is 18.7 Å². The second-order valence-corrected chi connectivity index (χ2v) is 8.06. The number of hydrogen-bond acceptors (Lipinski definition) is 4. The summed E-state index contributed by atoms with van der Waals surface area (Å²) >= 11 is 0. The molecule has 0 spiro atoms. The van der Waals surface area contributed by atoms with Gasteiger partial charge >= 0.3 is 0 Å². The number of H-pyrrole nitrogens is 1. The summed E-state index contributed by atoms with van der Waals surface area (Å²) in [6.07, 6.45) is 4.63. The maximum Gasteiger partial charge on any atom is 0.295 e. The van der Waals surface area contributed by atoms with Gasteiger partial charge < -0.3 is 15.0 Å². The van der Waals surface area contributed by atoms with E-state index < -0.39 is 24.5 Å². The van der Waals surface area contributed by atoms with Gasteiger partial charge in [-0.25, -0.2) is 0 Å². The van der Waals surface area contributed by atoms with Crippen molar-refractivity contribution in [2.24, 2.45) is 0 Å². The average Bonchev–Trinajstić information content (AvgIpc) is 3.27. The maximum atomic E-state index is 13.8. The molecule has 1 atom stereocenters. The van der Waals surface area contributed by atoms with Gasteiger partial charge in [-0.1, -0.05) is 18.2 Å². The summed E-state index contributed by atoms with van der Waals surface area (Å²) in [6, 6.07) is 4.99. The van der Waals surface area contributed by atoms with E-state index in [1.165, 1.54) is 30.6 Å². The molecule has 1 saturated carbocycles. The van der Waals surface area contributed by atoms with Crippen LogP contribution < -0.4 is 10.9 Å². The number of carbonyl (C=O) groups excluding carboxylic acids is 1. The second-order valence-electron chi connectivity index (χ2n) is 8.06. The predicted molar refractivity (Wildman–Crippen MR) is 107 cm³/mol. The molecular weight excluding hydrogens is 394 g/mol. The number of halogens is 2. The van der Waals surface area contributed by atoms with Crippen LogP contribution in [0.3, 0.4) is 0 Å². The number of aromatic nitrogens is 3. The van der Waals surface area contributed by atoms with Crippen LogP contribution in [0.4, 0.5) is 8.78 Å². The lowest BCUT2D eigenvalue weighted by Crippen LogP contribution is -2.32. The van der Waals surface area contributed by atoms with E-state index in [9.17, 15) is 18.4 Å². The van der Waals surface area contributed by atoms with Gasteiger partial charge in [0.05, 0.1) is 28.7 Å². The fraction of sp³-hybridized carbons (Fsp3) is 0.381. The molecule has 1 aliphatic rings. The molecule has 2 aromatic heterocycles. The monoisotopic (exact) mass is 416 g/mol. The molecule has 0 radical (unpaired) electrons. The fourth-order valence-electron chi connectivity index (χ4n) is 3.52. The molecule has 0 unspecified atom stereocenters. The summed E-state index contributed by atoms with van der Waals surface area (Å²) < 4.78 is 29.2. The number of aromatic amines is 1. The highest BCUT2D eigenvalue weighted by atomic mass is 19.3. The molecule has 1 amide bonds. The smallest absolute Gasteiger partial charge is 0.295 e. The number of aliphatic hydroxyl groups excluding tert-OH is 1. The third kappa shape index (κ3) is 3.39. The number of amides is 1. The van der Waals surface area contributed by atoms with Gasteiger partial charge in [0.1, 0.15) is 6.61 Å². The van der Waals surface area contributed by atoms with E-state index in [-0.39, 0.29) is 22.2 Å². The van der Waals surface area contributed by atoms with E-state index in [0.29, 0.717) is 16.5 Å². The Labute approximate surface area is 170 Å². The normalized spacial score (nSPS) is 16.4. The molecule has 30 heavy (non-hydrogen) atoms. The molecule has 0 saturated heterocycles. The number of fused-ring (bicyclic) bond motifs is 1. The van der Waals surface area contributed by atoms with Crippen molar-refractivity contribution in [1.29, 1.82) is 0 Å². The van der Waals surface area contributed by atoms with Crippen LogP contribution in [-0.4, -0.2) is 32.4 Å². The standard InChI is InChI=1S/C21H22F2N4O3/c1-12(13-4-3-5-14(8-13)21(22,23)11-28)25-18(29)16-10-27(20(2)6-7-20)19(30)15-9-24-26-17(15)16/h3-5,8-10,12,28H,6-7,11H2,1-2H3,(H,24,26)(H,25,29)/t12-/m1/s1. The first-order valence-electron chi connectivity index (χ1n) is 9.65. The number of rotatable bonds is 6. The van der Waals surface area contributed by atoms with Crippen molar-refractivity contribution >= 4 is 16.8 Å². The zero-order chi connectivity index (χ0) is 21.7. The summed E-state index contributed by atoms with van der Waals surface area (Å²) in [5.74, 6) is -3.81. The van der Waals surface area contributed by atoms with Gasteiger partial charge in [0.2, 0.25) is 0 Å². The van der Waals surface area contributed by atoms with Crippen LogP contribution in [0.15, 0.2) is 41.5 Å². The SMILES string of the molecule is C[C@@H](NC(=O)c1cn(C2(C)CC2)c(=O)c2cn[nH]c12)c1cccc(C(F)(F)CO)c1. The van der Waals surface area contributed by atoms with E-state index in [2.05, 4.69) is 15.5 Å². The molecule has 1 fully saturated rings. The van der Waals surface area contributed by atoms with Gasteiger partial charge in [-0.3, -0.25) is 14.7 Å². The summed E-state index contributed by atoms with van der Waals surface area (Å²) in [6.45, 7) is 2.34. The average molecular weight is 416 g/mol. The first kappa shape index (κ1) is 20.2. The van der Waals surface area contributed by atoms with Crippen LogP contribution in [0.2, 0.25) is 0 Å². The quantitative estimate of drug-likeness (QED) is 0.575. The minimum atomic E-state index is -3.36. The lowest BCUT2D eigenvalue weighted by Gasteiger charge is -2.19. The summed E-state index contributed by atoms with van der Waals surface area (Å²) in [7, 11) is 0. The Morgan fingerprint density at radius 2 is 2.17 bits per heavy atom. The minimum Gasteiger partial charge on any atom is -0.390 e. The molecule has 1 aliphatic carbocycles. The Bertz CT molecular complexity index is 1180. The van der Waals surface area contributed by atoms with Gasteiger partial charge in [-0.15, -0.1) is 0 Å². The molecule has 4 rings (SSSR count). The first-order chi connectivity index (χ1) is 14.2. The van der Waals surface area contributed by atoms with Gasteiger partial charge in [-0.05, 0) is 38.3 Å². The number of nitrogens with one attached hydrogen (secondary N) is 2. The van der Waals surface area contributed by atoms with Gasteiger partial charge in [0.15, 0.2) is 0 Å². The van der Waals surface area contributed by atoms with Gasteiger partial charge in [0.25, 0.3) is 17.4 Å². The fourth-order valence-corrected chi connectivity index (χ4v) is 3.52. The van der Waals surface area contributed by atoms with E-state index in [1.54, 1.807) is 17.6 Å². The van der Waals surface area contributed by atoms with Crippen LogP contribution in [0.25, 0.3) is 10.9 Å². The number of hydrogen-bond donors (Lipinski definition) is 3. The molecular formula is C21H22F2N4O3. The Hall–Kier alpha value is -3.07. The Morgan fingerprint density at radius 1 is 1.43 bits per heavy atom. The molecule has 0 aliphatic heterocycles. The van der Waals surface area contributed by atoms with Crippen molar-refractivity contribution in [1.82, 2.24) is 20.1 Å². The minimum absolute atomic E-state index is 0.206. The Kier molecular flexibility index (Phi) is 4.73. The number of nitrogens with zero attached hydrogens (tertiary/aromatic N) is 2. The first-order valence-corrected chi connectivity index (χ1v) is 9.65. The second kappa shape index (κ2) is 7.02. The third-order valence-electron chi connectivity index (χ3n) is 5.77. The molecule has 0 bridgehead atoms. The summed E-state index contributed by atoms with van der Waals surface area (Å²) in [5, 5.41) is 18.7. The number of pyridine rings is 1. The van der Waals surface area contributed by atoms with Crippen LogP contribution in [0.5, 0.6) is 0 Å². The zero-order valence-corrected chi connectivity index (χ0v) is 16.6. The van der Waals surface area contributed by atoms with Gasteiger partial charge in [-0.2, -0.15) is 13.9 Å². The highest BCUT2D eigenvalue weighted by molar-refractivity contribution is 6.05. The van der Waals surface area contributed by atoms with Crippen molar-refractivity contribution in [3.63, 3.8) is 0 Å². The van der Waals surface area contributed by atoms with Crippen LogP contribution in [0, 0.1) is 0 Å². The molecule has 2 heterocycles. The molecule has 1 aromatic carbocycles. The van der Waals surface area contributed by atoms with Crippen molar-refractivity contribution in [2.45, 2.75) is 44.2 Å². The number of aliphatic hydroxyl groups is 1. The van der Waals surface area contributed by atoms with E-state index in [0.717, 1.165) is 12.8 Å². The summed E-state index contributed by atoms with van der Waals surface area (Å²) in [5.41, 5.74) is 0.229. The molecule has 3 aromatic rings. The third-order valence-corrected chi connectivity index (χ3v) is 5.77. The van der Waals surface area contributed by atoms with Crippen LogP contribution in [0.1, 0.15) is 54.2 Å². The maximum absolute atomic E-state index is 13.8. The number of alkyl halides is 2. The molecule has 7 nitrogen and oxygen atoms in total. The highest BCUT2D eigenvalue weighted by Gasteiger charge is 2.41. The Balaban J connectivity index is 1.66. The molecule has 9 heteroatoms. The van der Waals surface area contributed by atoms with Crippen molar-refractivity contribution in [3.8, 4) is 0 Å². The van der Waals surface area contributed by atoms with E-state index >= 15 is 0 Å². The molecule has 158 valence electrons. The topological polar surface area (TPSA) is 100 Å². The number of carbonyl (C=O) groups is 1. The lowest BCUT2D eigenvalue weighted by molar-refractivity contribution is -0.0556.